The Labute approximate surface area is 102 Å². The van der Waals surface area contributed by atoms with E-state index in [1.165, 1.54) is 6.07 Å². The maximum absolute atomic E-state index is 13.6. The first-order valence-corrected chi connectivity index (χ1v) is 6.25. The Morgan fingerprint density at radius 1 is 1.47 bits per heavy atom. The van der Waals surface area contributed by atoms with Crippen LogP contribution in [0.1, 0.15) is 43.9 Å². The fraction of sp³-hybridized carbons (Fsp3) is 0.571. The van der Waals surface area contributed by atoms with Crippen LogP contribution in [-0.2, 0) is 0 Å². The summed E-state index contributed by atoms with van der Waals surface area (Å²) in [6.45, 7) is 6.63. The van der Waals surface area contributed by atoms with Crippen molar-refractivity contribution >= 4 is 5.69 Å². The number of anilines is 1. The predicted octanol–water partition coefficient (Wildman–Crippen LogP) is 3.18. The quantitative estimate of drug-likeness (QED) is 0.854. The molecule has 0 amide bonds. The fourth-order valence-corrected chi connectivity index (χ4v) is 2.56. The zero-order valence-corrected chi connectivity index (χ0v) is 10.7. The molecule has 1 aromatic carbocycles. The van der Waals surface area contributed by atoms with E-state index in [0.717, 1.165) is 25.1 Å². The molecule has 2 rings (SSSR count). The highest BCUT2D eigenvalue weighted by molar-refractivity contribution is 5.58. The minimum atomic E-state index is -0.632. The normalized spacial score (nSPS) is 21.9. The van der Waals surface area contributed by atoms with Gasteiger partial charge in [-0.1, -0.05) is 0 Å². The van der Waals surface area contributed by atoms with Gasteiger partial charge in [-0.3, -0.25) is 0 Å². The van der Waals surface area contributed by atoms with Crippen molar-refractivity contribution in [3.8, 4) is 0 Å². The standard InChI is InChI=1S/C14H20FNO/c1-9-7-14(16-6-4-5-10(16)2)12(11(3)17)8-13(9)15/h7-8,10-11,17H,4-6H2,1-3H3/t10?,11-/m0/s1. The van der Waals surface area contributed by atoms with Crippen molar-refractivity contribution in [3.63, 3.8) is 0 Å². The number of hydrogen-bond donors (Lipinski definition) is 1. The van der Waals surface area contributed by atoms with Gasteiger partial charge in [-0.05, 0) is 51.3 Å². The van der Waals surface area contributed by atoms with E-state index in [9.17, 15) is 9.50 Å². The molecule has 1 unspecified atom stereocenters. The lowest BCUT2D eigenvalue weighted by Gasteiger charge is -2.28. The molecule has 1 N–H and O–H groups in total. The van der Waals surface area contributed by atoms with Crippen molar-refractivity contribution in [2.45, 2.75) is 45.8 Å². The van der Waals surface area contributed by atoms with Crippen LogP contribution in [0.15, 0.2) is 12.1 Å². The highest BCUT2D eigenvalue weighted by atomic mass is 19.1. The van der Waals surface area contributed by atoms with Gasteiger partial charge < -0.3 is 10.0 Å². The molecule has 0 saturated carbocycles. The zero-order chi connectivity index (χ0) is 12.6. The van der Waals surface area contributed by atoms with Gasteiger partial charge in [0.25, 0.3) is 0 Å². The van der Waals surface area contributed by atoms with Gasteiger partial charge in [0, 0.05) is 23.8 Å². The van der Waals surface area contributed by atoms with E-state index in [-0.39, 0.29) is 5.82 Å². The number of hydrogen-bond acceptors (Lipinski definition) is 2. The van der Waals surface area contributed by atoms with Gasteiger partial charge in [0.05, 0.1) is 6.10 Å². The molecule has 1 aliphatic rings. The average molecular weight is 237 g/mol. The smallest absolute Gasteiger partial charge is 0.126 e. The molecule has 1 fully saturated rings. The van der Waals surface area contributed by atoms with E-state index in [1.54, 1.807) is 13.8 Å². The molecule has 0 bridgehead atoms. The molecular weight excluding hydrogens is 217 g/mol. The van der Waals surface area contributed by atoms with Crippen LogP contribution in [0.25, 0.3) is 0 Å². The zero-order valence-electron chi connectivity index (χ0n) is 10.7. The third-order valence-corrected chi connectivity index (χ3v) is 3.62. The summed E-state index contributed by atoms with van der Waals surface area (Å²) in [7, 11) is 0. The van der Waals surface area contributed by atoms with Crippen molar-refractivity contribution < 1.29 is 9.50 Å². The summed E-state index contributed by atoms with van der Waals surface area (Å²) in [5.41, 5.74) is 2.33. The van der Waals surface area contributed by atoms with E-state index in [1.807, 2.05) is 6.07 Å². The monoisotopic (exact) mass is 237 g/mol. The second kappa shape index (κ2) is 4.65. The van der Waals surface area contributed by atoms with Crippen molar-refractivity contribution in [1.29, 1.82) is 0 Å². The van der Waals surface area contributed by atoms with Gasteiger partial charge in [0.2, 0.25) is 0 Å². The predicted molar refractivity (Wildman–Crippen MR) is 67.8 cm³/mol. The summed E-state index contributed by atoms with van der Waals surface area (Å²) in [5, 5.41) is 9.77. The van der Waals surface area contributed by atoms with Crippen molar-refractivity contribution in [2.75, 3.05) is 11.4 Å². The van der Waals surface area contributed by atoms with Crippen LogP contribution in [-0.4, -0.2) is 17.7 Å². The fourth-order valence-electron chi connectivity index (χ4n) is 2.56. The molecule has 3 heteroatoms. The number of benzene rings is 1. The average Bonchev–Trinajstić information content (AvgIpc) is 2.67. The minimum absolute atomic E-state index is 0.239. The first-order valence-electron chi connectivity index (χ1n) is 6.25. The van der Waals surface area contributed by atoms with Gasteiger partial charge in [0.1, 0.15) is 5.82 Å². The second-order valence-corrected chi connectivity index (χ2v) is 5.02. The van der Waals surface area contributed by atoms with Gasteiger partial charge in [-0.25, -0.2) is 4.39 Å². The van der Waals surface area contributed by atoms with E-state index in [2.05, 4.69) is 11.8 Å². The summed E-state index contributed by atoms with van der Waals surface area (Å²) in [4.78, 5) is 2.27. The molecular formula is C14H20FNO. The molecule has 0 aromatic heterocycles. The number of aliphatic hydroxyl groups is 1. The van der Waals surface area contributed by atoms with Crippen LogP contribution in [0.5, 0.6) is 0 Å². The number of rotatable bonds is 2. The molecule has 94 valence electrons. The van der Waals surface area contributed by atoms with E-state index >= 15 is 0 Å². The Morgan fingerprint density at radius 3 is 2.71 bits per heavy atom. The molecule has 1 aliphatic heterocycles. The lowest BCUT2D eigenvalue weighted by molar-refractivity contribution is 0.199. The molecule has 1 heterocycles. The number of aliphatic hydroxyl groups excluding tert-OH is 1. The number of halogens is 1. The molecule has 0 aliphatic carbocycles. The third-order valence-electron chi connectivity index (χ3n) is 3.62. The minimum Gasteiger partial charge on any atom is -0.389 e. The highest BCUT2D eigenvalue weighted by Crippen LogP contribution is 2.33. The largest absolute Gasteiger partial charge is 0.389 e. The van der Waals surface area contributed by atoms with Crippen LogP contribution in [0.3, 0.4) is 0 Å². The van der Waals surface area contributed by atoms with Crippen molar-refractivity contribution in [1.82, 2.24) is 0 Å². The Morgan fingerprint density at radius 2 is 2.18 bits per heavy atom. The molecule has 17 heavy (non-hydrogen) atoms. The maximum atomic E-state index is 13.6. The van der Waals surface area contributed by atoms with E-state index in [0.29, 0.717) is 17.2 Å². The summed E-state index contributed by atoms with van der Waals surface area (Å²) < 4.78 is 13.6. The second-order valence-electron chi connectivity index (χ2n) is 5.02. The molecule has 2 atom stereocenters. The van der Waals surface area contributed by atoms with Crippen LogP contribution < -0.4 is 4.90 Å². The molecule has 2 nitrogen and oxygen atoms in total. The Bertz CT molecular complexity index is 417. The lowest BCUT2D eigenvalue weighted by Crippen LogP contribution is -2.27. The molecule has 0 spiro atoms. The van der Waals surface area contributed by atoms with Gasteiger partial charge in [-0.15, -0.1) is 0 Å². The number of nitrogens with zero attached hydrogens (tertiary/aromatic N) is 1. The molecule has 1 saturated heterocycles. The summed E-state index contributed by atoms with van der Waals surface area (Å²) in [6.07, 6.45) is 1.69. The Kier molecular flexibility index (Phi) is 3.38. The molecule has 0 radical (unpaired) electrons. The lowest BCUT2D eigenvalue weighted by atomic mass is 10.0. The highest BCUT2D eigenvalue weighted by Gasteiger charge is 2.24. The first kappa shape index (κ1) is 12.4. The van der Waals surface area contributed by atoms with Crippen molar-refractivity contribution in [3.05, 3.63) is 29.1 Å². The third kappa shape index (κ3) is 2.29. The topological polar surface area (TPSA) is 23.5 Å². The van der Waals surface area contributed by atoms with Crippen LogP contribution >= 0.6 is 0 Å². The van der Waals surface area contributed by atoms with E-state index < -0.39 is 6.10 Å². The maximum Gasteiger partial charge on any atom is 0.126 e. The van der Waals surface area contributed by atoms with Crippen LogP contribution in [0, 0.1) is 12.7 Å². The Balaban J connectivity index is 2.47. The van der Waals surface area contributed by atoms with Gasteiger partial charge >= 0.3 is 0 Å². The van der Waals surface area contributed by atoms with Crippen LogP contribution in [0.4, 0.5) is 10.1 Å². The summed E-state index contributed by atoms with van der Waals surface area (Å²) in [5.74, 6) is -0.239. The number of aryl methyl sites for hydroxylation is 1. The van der Waals surface area contributed by atoms with Gasteiger partial charge in [0.15, 0.2) is 0 Å². The summed E-state index contributed by atoms with van der Waals surface area (Å²) in [6, 6.07) is 3.80. The first-order chi connectivity index (χ1) is 8.00. The van der Waals surface area contributed by atoms with Crippen molar-refractivity contribution in [2.24, 2.45) is 0 Å². The SMILES string of the molecule is Cc1cc(N2CCCC2C)c([C@H](C)O)cc1F. The van der Waals surface area contributed by atoms with Crippen LogP contribution in [0.2, 0.25) is 0 Å². The van der Waals surface area contributed by atoms with E-state index in [4.69, 9.17) is 0 Å². The van der Waals surface area contributed by atoms with Gasteiger partial charge in [-0.2, -0.15) is 0 Å². The summed E-state index contributed by atoms with van der Waals surface area (Å²) >= 11 is 0. The molecule has 1 aromatic rings. The Hall–Kier alpha value is -1.09.